The molecular formula is C8H14O. The molecule has 1 heteroatoms. The van der Waals surface area contributed by atoms with Crippen LogP contribution < -0.4 is 0 Å². The zero-order valence-corrected chi connectivity index (χ0v) is 5.93. The Kier molecular flexibility index (Phi) is 1.91. The van der Waals surface area contributed by atoms with E-state index in [0.29, 0.717) is 5.92 Å². The second kappa shape index (κ2) is 2.53. The van der Waals surface area contributed by atoms with E-state index in [0.717, 1.165) is 19.3 Å². The maximum absolute atomic E-state index is 9.25. The molecule has 0 aromatic carbocycles. The van der Waals surface area contributed by atoms with E-state index in [2.05, 4.69) is 6.58 Å². The van der Waals surface area contributed by atoms with Gasteiger partial charge in [0.15, 0.2) is 0 Å². The Balaban J connectivity index is 2.23. The van der Waals surface area contributed by atoms with Crippen molar-refractivity contribution >= 4 is 0 Å². The average Bonchev–Trinajstić information content (AvgIpc) is 1.79. The van der Waals surface area contributed by atoms with Crippen LogP contribution in [-0.2, 0) is 0 Å². The highest BCUT2D eigenvalue weighted by Gasteiger charge is 2.26. The molecular weight excluding hydrogens is 112 g/mol. The average molecular weight is 126 g/mol. The molecule has 1 aliphatic rings. The van der Waals surface area contributed by atoms with Gasteiger partial charge in [0.25, 0.3) is 0 Å². The van der Waals surface area contributed by atoms with Gasteiger partial charge in [0, 0.05) is 0 Å². The first kappa shape index (κ1) is 6.81. The SMILES string of the molecule is C=C1CC(C(O)CC)C1. The van der Waals surface area contributed by atoms with Crippen molar-refractivity contribution in [1.29, 1.82) is 0 Å². The van der Waals surface area contributed by atoms with Crippen molar-refractivity contribution in [2.75, 3.05) is 0 Å². The van der Waals surface area contributed by atoms with Gasteiger partial charge in [0.1, 0.15) is 0 Å². The zero-order valence-electron chi connectivity index (χ0n) is 5.93. The van der Waals surface area contributed by atoms with Gasteiger partial charge in [-0.1, -0.05) is 19.1 Å². The fourth-order valence-electron chi connectivity index (χ4n) is 1.29. The summed E-state index contributed by atoms with van der Waals surface area (Å²) in [5.74, 6) is 0.530. The molecule has 52 valence electrons. The van der Waals surface area contributed by atoms with Crippen LogP contribution in [0.25, 0.3) is 0 Å². The fraction of sp³-hybridized carbons (Fsp3) is 0.750. The normalized spacial score (nSPS) is 23.6. The highest BCUT2D eigenvalue weighted by atomic mass is 16.3. The van der Waals surface area contributed by atoms with Crippen LogP contribution in [-0.4, -0.2) is 11.2 Å². The molecule has 1 N–H and O–H groups in total. The molecule has 0 amide bonds. The highest BCUT2D eigenvalue weighted by molar-refractivity contribution is 5.08. The monoisotopic (exact) mass is 126 g/mol. The summed E-state index contributed by atoms with van der Waals surface area (Å²) in [7, 11) is 0. The third kappa shape index (κ3) is 1.33. The van der Waals surface area contributed by atoms with Gasteiger partial charge in [-0.15, -0.1) is 0 Å². The molecule has 1 aliphatic carbocycles. The van der Waals surface area contributed by atoms with Crippen LogP contribution in [0.3, 0.4) is 0 Å². The minimum atomic E-state index is -0.0736. The summed E-state index contributed by atoms with van der Waals surface area (Å²) in [6.45, 7) is 5.84. The molecule has 0 spiro atoms. The quantitative estimate of drug-likeness (QED) is 0.558. The third-order valence-corrected chi connectivity index (χ3v) is 2.06. The minimum absolute atomic E-state index is 0.0736. The molecule has 1 saturated carbocycles. The van der Waals surface area contributed by atoms with Crippen LogP contribution >= 0.6 is 0 Å². The largest absolute Gasteiger partial charge is 0.393 e. The first-order valence-corrected chi connectivity index (χ1v) is 3.58. The summed E-state index contributed by atoms with van der Waals surface area (Å²) in [5, 5.41) is 9.25. The molecule has 0 heterocycles. The van der Waals surface area contributed by atoms with Crippen molar-refractivity contribution in [3.05, 3.63) is 12.2 Å². The van der Waals surface area contributed by atoms with E-state index in [1.165, 1.54) is 5.57 Å². The first-order valence-electron chi connectivity index (χ1n) is 3.58. The number of aliphatic hydroxyl groups is 1. The number of allylic oxidation sites excluding steroid dienone is 1. The van der Waals surface area contributed by atoms with Crippen LogP contribution in [0.15, 0.2) is 12.2 Å². The predicted molar refractivity (Wildman–Crippen MR) is 38.2 cm³/mol. The van der Waals surface area contributed by atoms with Gasteiger partial charge < -0.3 is 5.11 Å². The van der Waals surface area contributed by atoms with E-state index in [1.54, 1.807) is 0 Å². The summed E-state index contributed by atoms with van der Waals surface area (Å²) in [5.41, 5.74) is 1.30. The number of hydrogen-bond donors (Lipinski definition) is 1. The lowest BCUT2D eigenvalue weighted by Crippen LogP contribution is -2.27. The molecule has 0 radical (unpaired) electrons. The lowest BCUT2D eigenvalue weighted by Gasteiger charge is -2.31. The Morgan fingerprint density at radius 1 is 1.78 bits per heavy atom. The molecule has 1 atom stereocenters. The molecule has 0 aliphatic heterocycles. The van der Waals surface area contributed by atoms with Gasteiger partial charge >= 0.3 is 0 Å². The fourth-order valence-corrected chi connectivity index (χ4v) is 1.29. The summed E-state index contributed by atoms with van der Waals surface area (Å²) < 4.78 is 0. The minimum Gasteiger partial charge on any atom is -0.393 e. The molecule has 1 nitrogen and oxygen atoms in total. The number of aliphatic hydroxyl groups excluding tert-OH is 1. The Hall–Kier alpha value is -0.300. The maximum atomic E-state index is 9.25. The van der Waals surface area contributed by atoms with Gasteiger partial charge in [0.05, 0.1) is 6.10 Å². The first-order chi connectivity index (χ1) is 4.24. The third-order valence-electron chi connectivity index (χ3n) is 2.06. The van der Waals surface area contributed by atoms with E-state index in [1.807, 2.05) is 6.92 Å². The van der Waals surface area contributed by atoms with E-state index < -0.39 is 0 Å². The molecule has 0 bridgehead atoms. The topological polar surface area (TPSA) is 20.2 Å². The van der Waals surface area contributed by atoms with E-state index in [4.69, 9.17) is 0 Å². The van der Waals surface area contributed by atoms with Gasteiger partial charge in [-0.3, -0.25) is 0 Å². The van der Waals surface area contributed by atoms with Crippen molar-refractivity contribution in [3.8, 4) is 0 Å². The molecule has 0 aromatic heterocycles. The Morgan fingerprint density at radius 3 is 2.67 bits per heavy atom. The Labute approximate surface area is 56.4 Å². The van der Waals surface area contributed by atoms with Gasteiger partial charge in [-0.2, -0.15) is 0 Å². The Bertz CT molecular complexity index is 110. The van der Waals surface area contributed by atoms with E-state index in [9.17, 15) is 5.11 Å². The molecule has 0 saturated heterocycles. The van der Waals surface area contributed by atoms with Gasteiger partial charge in [0.2, 0.25) is 0 Å². The van der Waals surface area contributed by atoms with Crippen molar-refractivity contribution in [3.63, 3.8) is 0 Å². The van der Waals surface area contributed by atoms with Gasteiger partial charge in [-0.25, -0.2) is 0 Å². The summed E-state index contributed by atoms with van der Waals surface area (Å²) in [6.07, 6.45) is 2.91. The molecule has 1 rings (SSSR count). The number of hydrogen-bond acceptors (Lipinski definition) is 1. The standard InChI is InChI=1S/C8H14O/c1-3-8(9)7-4-6(2)5-7/h7-9H,2-5H2,1H3. The van der Waals surface area contributed by atoms with Gasteiger partial charge in [-0.05, 0) is 25.2 Å². The second-order valence-electron chi connectivity index (χ2n) is 2.89. The zero-order chi connectivity index (χ0) is 6.85. The summed E-state index contributed by atoms with van der Waals surface area (Å²) in [6, 6.07) is 0. The van der Waals surface area contributed by atoms with E-state index in [-0.39, 0.29) is 6.10 Å². The highest BCUT2D eigenvalue weighted by Crippen LogP contribution is 2.34. The smallest absolute Gasteiger partial charge is 0.0571 e. The van der Waals surface area contributed by atoms with Crippen molar-refractivity contribution < 1.29 is 5.11 Å². The van der Waals surface area contributed by atoms with Crippen LogP contribution in [0, 0.1) is 5.92 Å². The summed E-state index contributed by atoms with van der Waals surface area (Å²) in [4.78, 5) is 0. The maximum Gasteiger partial charge on any atom is 0.0571 e. The van der Waals surface area contributed by atoms with Crippen LogP contribution in [0.1, 0.15) is 26.2 Å². The summed E-state index contributed by atoms with van der Waals surface area (Å²) >= 11 is 0. The van der Waals surface area contributed by atoms with Crippen LogP contribution in [0.2, 0.25) is 0 Å². The van der Waals surface area contributed by atoms with Crippen molar-refractivity contribution in [1.82, 2.24) is 0 Å². The van der Waals surface area contributed by atoms with Crippen molar-refractivity contribution in [2.45, 2.75) is 32.3 Å². The molecule has 1 unspecified atom stereocenters. The lowest BCUT2D eigenvalue weighted by molar-refractivity contribution is 0.0832. The number of rotatable bonds is 2. The van der Waals surface area contributed by atoms with Crippen molar-refractivity contribution in [2.24, 2.45) is 5.92 Å². The van der Waals surface area contributed by atoms with Crippen LogP contribution in [0.5, 0.6) is 0 Å². The molecule has 9 heavy (non-hydrogen) atoms. The second-order valence-corrected chi connectivity index (χ2v) is 2.89. The van der Waals surface area contributed by atoms with Crippen LogP contribution in [0.4, 0.5) is 0 Å². The molecule has 0 aromatic rings. The lowest BCUT2D eigenvalue weighted by atomic mass is 9.77. The van der Waals surface area contributed by atoms with E-state index >= 15 is 0 Å². The predicted octanol–water partition coefficient (Wildman–Crippen LogP) is 1.72. The Morgan fingerprint density at radius 2 is 2.33 bits per heavy atom. The molecule has 1 fully saturated rings.